The lowest BCUT2D eigenvalue weighted by Gasteiger charge is -2.29. The fraction of sp³-hybridized carbons (Fsp3) is 0.571. The number of hydrogen-bond donors (Lipinski definition) is 1. The van der Waals surface area contributed by atoms with Crippen molar-refractivity contribution in [2.45, 2.75) is 18.9 Å². The summed E-state index contributed by atoms with van der Waals surface area (Å²) in [7, 11) is 0. The van der Waals surface area contributed by atoms with Gasteiger partial charge in [-0.15, -0.1) is 0 Å². The minimum Gasteiger partial charge on any atom is -0.484 e. The van der Waals surface area contributed by atoms with Crippen LogP contribution < -0.4 is 9.64 Å². The molecule has 4 nitrogen and oxygen atoms in total. The smallest absolute Gasteiger partial charge is 0.133 e. The highest BCUT2D eigenvalue weighted by Crippen LogP contribution is 2.37. The molecule has 0 amide bonds. The Labute approximate surface area is 107 Å². The van der Waals surface area contributed by atoms with Gasteiger partial charge in [-0.05, 0) is 18.6 Å². The van der Waals surface area contributed by atoms with Gasteiger partial charge in [-0.1, -0.05) is 6.07 Å². The van der Waals surface area contributed by atoms with E-state index in [4.69, 9.17) is 9.47 Å². The van der Waals surface area contributed by atoms with Gasteiger partial charge in [0.25, 0.3) is 0 Å². The topological polar surface area (TPSA) is 41.9 Å². The summed E-state index contributed by atoms with van der Waals surface area (Å²) in [5.41, 5.74) is 1.91. The van der Waals surface area contributed by atoms with Crippen molar-refractivity contribution in [3.05, 3.63) is 23.8 Å². The van der Waals surface area contributed by atoms with Gasteiger partial charge in [0, 0.05) is 31.3 Å². The molecule has 4 heteroatoms. The van der Waals surface area contributed by atoms with E-state index in [2.05, 4.69) is 23.1 Å². The molecule has 0 saturated carbocycles. The summed E-state index contributed by atoms with van der Waals surface area (Å²) in [6.07, 6.45) is 0.780. The lowest BCUT2D eigenvalue weighted by molar-refractivity contribution is 0.0446. The molecule has 1 atom stereocenters. The van der Waals surface area contributed by atoms with E-state index in [1.807, 2.05) is 6.92 Å². The molecule has 1 aromatic carbocycles. The van der Waals surface area contributed by atoms with Crippen LogP contribution in [0.25, 0.3) is 0 Å². The highest BCUT2D eigenvalue weighted by molar-refractivity contribution is 5.55. The van der Waals surface area contributed by atoms with Gasteiger partial charge in [-0.25, -0.2) is 0 Å². The predicted octanol–water partition coefficient (Wildman–Crippen LogP) is 1.21. The van der Waals surface area contributed by atoms with Crippen LogP contribution in [0.1, 0.15) is 12.5 Å². The number of aliphatic hydroxyl groups excluding tert-OH is 1. The van der Waals surface area contributed by atoms with E-state index in [1.165, 1.54) is 11.3 Å². The number of benzene rings is 1. The van der Waals surface area contributed by atoms with Crippen molar-refractivity contribution in [1.82, 2.24) is 0 Å². The molecule has 2 heterocycles. The highest BCUT2D eigenvalue weighted by atomic mass is 16.5. The van der Waals surface area contributed by atoms with Crippen molar-refractivity contribution >= 4 is 5.69 Å². The summed E-state index contributed by atoms with van der Waals surface area (Å²) in [4.78, 5) is 2.31. The van der Waals surface area contributed by atoms with Crippen LogP contribution in [0.5, 0.6) is 5.75 Å². The van der Waals surface area contributed by atoms with Crippen LogP contribution in [-0.4, -0.2) is 43.6 Å². The average molecular weight is 249 g/mol. The van der Waals surface area contributed by atoms with Crippen LogP contribution >= 0.6 is 0 Å². The Bertz CT molecular complexity index is 443. The van der Waals surface area contributed by atoms with E-state index in [1.54, 1.807) is 0 Å². The van der Waals surface area contributed by atoms with Crippen molar-refractivity contribution in [2.75, 3.05) is 37.8 Å². The first-order chi connectivity index (χ1) is 8.70. The molecular formula is C14H19NO3. The second-order valence-corrected chi connectivity index (χ2v) is 5.28. The van der Waals surface area contributed by atoms with Gasteiger partial charge in [-0.3, -0.25) is 0 Å². The molecule has 1 unspecified atom stereocenters. The molecular weight excluding hydrogens is 230 g/mol. The van der Waals surface area contributed by atoms with E-state index in [9.17, 15) is 5.11 Å². The average Bonchev–Trinajstić information content (AvgIpc) is 2.76. The largest absolute Gasteiger partial charge is 0.484 e. The van der Waals surface area contributed by atoms with Gasteiger partial charge in [0.05, 0.1) is 19.8 Å². The van der Waals surface area contributed by atoms with Gasteiger partial charge in [0.2, 0.25) is 0 Å². The number of nitrogens with zero attached hydrogens (tertiary/aromatic N) is 1. The standard InChI is InChI=1S/C14H19NO3/c1-14(10-16)9-11-2-3-12(8-13(11)18-14)15-4-6-17-7-5-15/h2-3,8,16H,4-7,9-10H2,1H3. The zero-order valence-electron chi connectivity index (χ0n) is 10.7. The molecule has 0 radical (unpaired) electrons. The summed E-state index contributed by atoms with van der Waals surface area (Å²) in [6.45, 7) is 5.42. The van der Waals surface area contributed by atoms with Crippen molar-refractivity contribution < 1.29 is 14.6 Å². The van der Waals surface area contributed by atoms with Crippen LogP contribution in [-0.2, 0) is 11.2 Å². The molecule has 0 spiro atoms. The van der Waals surface area contributed by atoms with Gasteiger partial charge in [0.15, 0.2) is 0 Å². The van der Waals surface area contributed by atoms with Crippen LogP contribution in [0.2, 0.25) is 0 Å². The van der Waals surface area contributed by atoms with Crippen molar-refractivity contribution in [3.8, 4) is 5.75 Å². The number of anilines is 1. The Balaban J connectivity index is 1.83. The molecule has 1 aromatic rings. The Morgan fingerprint density at radius 1 is 1.33 bits per heavy atom. The third-order valence-electron chi connectivity index (χ3n) is 3.68. The number of ether oxygens (including phenoxy) is 2. The Kier molecular flexibility index (Phi) is 2.92. The molecule has 18 heavy (non-hydrogen) atoms. The molecule has 0 aliphatic carbocycles. The first-order valence-corrected chi connectivity index (χ1v) is 6.46. The molecule has 0 aromatic heterocycles. The van der Waals surface area contributed by atoms with Gasteiger partial charge in [-0.2, -0.15) is 0 Å². The van der Waals surface area contributed by atoms with E-state index in [0.29, 0.717) is 0 Å². The first kappa shape index (κ1) is 11.8. The van der Waals surface area contributed by atoms with Crippen molar-refractivity contribution in [1.29, 1.82) is 0 Å². The number of rotatable bonds is 2. The van der Waals surface area contributed by atoms with Gasteiger partial charge < -0.3 is 19.5 Å². The van der Waals surface area contributed by atoms with E-state index in [0.717, 1.165) is 38.5 Å². The van der Waals surface area contributed by atoms with Crippen molar-refractivity contribution in [3.63, 3.8) is 0 Å². The van der Waals surface area contributed by atoms with Crippen LogP contribution in [0.3, 0.4) is 0 Å². The zero-order valence-corrected chi connectivity index (χ0v) is 10.7. The van der Waals surface area contributed by atoms with Crippen LogP contribution in [0, 0.1) is 0 Å². The maximum atomic E-state index is 9.36. The molecule has 2 aliphatic rings. The Morgan fingerprint density at radius 3 is 2.83 bits per heavy atom. The summed E-state index contributed by atoms with van der Waals surface area (Å²) in [5.74, 6) is 0.913. The summed E-state index contributed by atoms with van der Waals surface area (Å²) < 4.78 is 11.2. The van der Waals surface area contributed by atoms with Crippen molar-refractivity contribution in [2.24, 2.45) is 0 Å². The second kappa shape index (κ2) is 4.44. The molecule has 1 saturated heterocycles. The Morgan fingerprint density at radius 2 is 2.11 bits per heavy atom. The quantitative estimate of drug-likeness (QED) is 0.855. The second-order valence-electron chi connectivity index (χ2n) is 5.28. The van der Waals surface area contributed by atoms with Gasteiger partial charge in [0.1, 0.15) is 11.4 Å². The molecule has 1 fully saturated rings. The fourth-order valence-electron chi connectivity index (χ4n) is 2.60. The lowest BCUT2D eigenvalue weighted by atomic mass is 10.0. The number of hydrogen-bond acceptors (Lipinski definition) is 4. The number of fused-ring (bicyclic) bond motifs is 1. The lowest BCUT2D eigenvalue weighted by Crippen LogP contribution is -2.36. The van der Waals surface area contributed by atoms with E-state index >= 15 is 0 Å². The summed E-state index contributed by atoms with van der Waals surface area (Å²) in [5, 5.41) is 9.36. The molecule has 2 aliphatic heterocycles. The molecule has 0 bridgehead atoms. The van der Waals surface area contributed by atoms with E-state index < -0.39 is 5.60 Å². The van der Waals surface area contributed by atoms with E-state index in [-0.39, 0.29) is 6.61 Å². The third kappa shape index (κ3) is 2.06. The zero-order chi connectivity index (χ0) is 12.6. The van der Waals surface area contributed by atoms with Gasteiger partial charge >= 0.3 is 0 Å². The number of aliphatic hydroxyl groups is 1. The number of morpholine rings is 1. The summed E-state index contributed by atoms with van der Waals surface area (Å²) >= 11 is 0. The predicted molar refractivity (Wildman–Crippen MR) is 69.3 cm³/mol. The fourth-order valence-corrected chi connectivity index (χ4v) is 2.60. The highest BCUT2D eigenvalue weighted by Gasteiger charge is 2.34. The summed E-state index contributed by atoms with van der Waals surface area (Å²) in [6, 6.07) is 6.33. The van der Waals surface area contributed by atoms with Crippen LogP contribution in [0.15, 0.2) is 18.2 Å². The third-order valence-corrected chi connectivity index (χ3v) is 3.68. The molecule has 98 valence electrons. The first-order valence-electron chi connectivity index (χ1n) is 6.46. The normalized spacial score (nSPS) is 26.9. The van der Waals surface area contributed by atoms with Crippen LogP contribution in [0.4, 0.5) is 5.69 Å². The minimum absolute atomic E-state index is 0.0502. The minimum atomic E-state index is -0.452. The maximum Gasteiger partial charge on any atom is 0.133 e. The molecule has 1 N–H and O–H groups in total. The molecule has 3 rings (SSSR count). The monoisotopic (exact) mass is 249 g/mol. The maximum absolute atomic E-state index is 9.36. The SMILES string of the molecule is CC1(CO)Cc2ccc(N3CCOCC3)cc2O1. The Hall–Kier alpha value is -1.26.